The molecule has 2 rings (SSSR count). The first-order valence-corrected chi connectivity index (χ1v) is 7.56. The lowest BCUT2D eigenvalue weighted by molar-refractivity contribution is 0.324. The van der Waals surface area contributed by atoms with Gasteiger partial charge in [-0.1, -0.05) is 12.1 Å². The Labute approximate surface area is 113 Å². The SMILES string of the molecule is CN(Cc1cccc(F)c1)S(=O)(=O)N1CCNCC1. The Morgan fingerprint density at radius 2 is 2.05 bits per heavy atom. The van der Waals surface area contributed by atoms with E-state index in [0.717, 1.165) is 0 Å². The molecule has 0 amide bonds. The molecule has 0 saturated carbocycles. The molecule has 0 atom stereocenters. The third-order valence-corrected chi connectivity index (χ3v) is 5.02. The van der Waals surface area contributed by atoms with E-state index in [9.17, 15) is 12.8 Å². The molecule has 7 heteroatoms. The molecule has 1 aromatic carbocycles. The third-order valence-electron chi connectivity index (χ3n) is 3.09. The van der Waals surface area contributed by atoms with E-state index in [1.165, 1.54) is 27.8 Å². The average molecular weight is 287 g/mol. The van der Waals surface area contributed by atoms with Crippen molar-refractivity contribution >= 4 is 10.2 Å². The second kappa shape index (κ2) is 5.96. The lowest BCUT2D eigenvalue weighted by atomic mass is 10.2. The maximum absolute atomic E-state index is 13.1. The van der Waals surface area contributed by atoms with E-state index < -0.39 is 10.2 Å². The zero-order valence-corrected chi connectivity index (χ0v) is 11.7. The van der Waals surface area contributed by atoms with Crippen LogP contribution in [0.15, 0.2) is 24.3 Å². The van der Waals surface area contributed by atoms with Crippen molar-refractivity contribution in [3.8, 4) is 0 Å². The van der Waals surface area contributed by atoms with Gasteiger partial charge in [-0.05, 0) is 17.7 Å². The van der Waals surface area contributed by atoms with E-state index in [1.807, 2.05) is 0 Å². The van der Waals surface area contributed by atoms with Crippen LogP contribution in [0.4, 0.5) is 4.39 Å². The van der Waals surface area contributed by atoms with Crippen molar-refractivity contribution in [1.29, 1.82) is 0 Å². The van der Waals surface area contributed by atoms with Crippen molar-refractivity contribution in [3.05, 3.63) is 35.6 Å². The van der Waals surface area contributed by atoms with Crippen molar-refractivity contribution in [3.63, 3.8) is 0 Å². The molecule has 1 N–H and O–H groups in total. The highest BCUT2D eigenvalue weighted by molar-refractivity contribution is 7.86. The molecule has 1 aromatic rings. The summed E-state index contributed by atoms with van der Waals surface area (Å²) in [7, 11) is -1.95. The monoisotopic (exact) mass is 287 g/mol. The van der Waals surface area contributed by atoms with Crippen LogP contribution in [0.2, 0.25) is 0 Å². The van der Waals surface area contributed by atoms with Crippen LogP contribution in [0.3, 0.4) is 0 Å². The molecule has 1 saturated heterocycles. The van der Waals surface area contributed by atoms with Gasteiger partial charge in [-0.15, -0.1) is 0 Å². The number of nitrogens with one attached hydrogen (secondary N) is 1. The van der Waals surface area contributed by atoms with E-state index in [2.05, 4.69) is 5.32 Å². The molecule has 1 fully saturated rings. The fraction of sp³-hybridized carbons (Fsp3) is 0.500. The quantitative estimate of drug-likeness (QED) is 0.872. The summed E-state index contributed by atoms with van der Waals surface area (Å²) in [6.07, 6.45) is 0. The van der Waals surface area contributed by atoms with E-state index in [0.29, 0.717) is 31.7 Å². The average Bonchev–Trinajstić information content (AvgIpc) is 2.39. The summed E-state index contributed by atoms with van der Waals surface area (Å²) < 4.78 is 40.4. The van der Waals surface area contributed by atoms with E-state index in [-0.39, 0.29) is 12.4 Å². The van der Waals surface area contributed by atoms with E-state index in [1.54, 1.807) is 12.1 Å². The normalized spacial score (nSPS) is 17.8. The number of hydrogen-bond donors (Lipinski definition) is 1. The van der Waals surface area contributed by atoms with E-state index in [4.69, 9.17) is 0 Å². The molecule has 0 spiro atoms. The summed E-state index contributed by atoms with van der Waals surface area (Å²) in [5.41, 5.74) is 0.640. The fourth-order valence-electron chi connectivity index (χ4n) is 2.05. The molecule has 1 aliphatic heterocycles. The van der Waals surface area contributed by atoms with Gasteiger partial charge in [0.15, 0.2) is 0 Å². The minimum absolute atomic E-state index is 0.171. The Balaban J connectivity index is 2.07. The topological polar surface area (TPSA) is 52.7 Å². The zero-order chi connectivity index (χ0) is 13.9. The first kappa shape index (κ1) is 14.4. The highest BCUT2D eigenvalue weighted by atomic mass is 32.2. The number of hydrogen-bond acceptors (Lipinski definition) is 3. The summed E-state index contributed by atoms with van der Waals surface area (Å²) in [5, 5.41) is 3.11. The second-order valence-electron chi connectivity index (χ2n) is 4.54. The number of piperazine rings is 1. The summed E-state index contributed by atoms with van der Waals surface area (Å²) in [6, 6.07) is 5.99. The number of rotatable bonds is 4. The molecule has 5 nitrogen and oxygen atoms in total. The first-order chi connectivity index (χ1) is 9.00. The van der Waals surface area contributed by atoms with Gasteiger partial charge in [0.05, 0.1) is 0 Å². The first-order valence-electron chi connectivity index (χ1n) is 6.17. The van der Waals surface area contributed by atoms with Gasteiger partial charge in [0.2, 0.25) is 0 Å². The maximum Gasteiger partial charge on any atom is 0.282 e. The fourth-order valence-corrected chi connectivity index (χ4v) is 3.40. The van der Waals surface area contributed by atoms with Crippen LogP contribution in [0, 0.1) is 5.82 Å². The van der Waals surface area contributed by atoms with Crippen LogP contribution in [0.25, 0.3) is 0 Å². The van der Waals surface area contributed by atoms with Gasteiger partial charge in [-0.2, -0.15) is 17.0 Å². The van der Waals surface area contributed by atoms with Crippen LogP contribution in [0.5, 0.6) is 0 Å². The Morgan fingerprint density at radius 1 is 1.37 bits per heavy atom. The van der Waals surface area contributed by atoms with Crippen LogP contribution < -0.4 is 5.32 Å². The van der Waals surface area contributed by atoms with Crippen molar-refractivity contribution in [2.24, 2.45) is 0 Å². The molecule has 0 radical (unpaired) electrons. The maximum atomic E-state index is 13.1. The van der Waals surface area contributed by atoms with Crippen LogP contribution in [0.1, 0.15) is 5.56 Å². The molecule has 0 bridgehead atoms. The van der Waals surface area contributed by atoms with Crippen molar-refractivity contribution in [2.75, 3.05) is 33.2 Å². The number of halogens is 1. The zero-order valence-electron chi connectivity index (χ0n) is 10.8. The van der Waals surface area contributed by atoms with Gasteiger partial charge >= 0.3 is 0 Å². The highest BCUT2D eigenvalue weighted by Crippen LogP contribution is 2.12. The van der Waals surface area contributed by atoms with Gasteiger partial charge in [-0.3, -0.25) is 0 Å². The number of benzene rings is 1. The summed E-state index contributed by atoms with van der Waals surface area (Å²) in [6.45, 7) is 2.43. The summed E-state index contributed by atoms with van der Waals surface area (Å²) in [4.78, 5) is 0. The molecule has 0 unspecified atom stereocenters. The summed E-state index contributed by atoms with van der Waals surface area (Å²) in [5.74, 6) is -0.356. The van der Waals surface area contributed by atoms with Gasteiger partial charge in [0, 0.05) is 39.8 Å². The highest BCUT2D eigenvalue weighted by Gasteiger charge is 2.27. The Kier molecular flexibility index (Phi) is 4.51. The van der Waals surface area contributed by atoms with Crippen molar-refractivity contribution in [2.45, 2.75) is 6.54 Å². The van der Waals surface area contributed by atoms with Crippen molar-refractivity contribution in [1.82, 2.24) is 13.9 Å². The molecular weight excluding hydrogens is 269 g/mol. The Hall–Kier alpha value is -1.02. The smallest absolute Gasteiger partial charge is 0.282 e. The molecule has 19 heavy (non-hydrogen) atoms. The lowest BCUT2D eigenvalue weighted by Gasteiger charge is -2.30. The molecule has 0 aliphatic carbocycles. The second-order valence-corrected chi connectivity index (χ2v) is 6.58. The van der Waals surface area contributed by atoms with E-state index >= 15 is 0 Å². The molecule has 106 valence electrons. The van der Waals surface area contributed by atoms with Gasteiger partial charge in [0.25, 0.3) is 10.2 Å². The van der Waals surface area contributed by atoms with Crippen LogP contribution >= 0.6 is 0 Å². The minimum Gasteiger partial charge on any atom is -0.314 e. The predicted octanol–water partition coefficient (Wildman–Crippen LogP) is 0.408. The summed E-state index contributed by atoms with van der Waals surface area (Å²) >= 11 is 0. The predicted molar refractivity (Wildman–Crippen MR) is 71.2 cm³/mol. The Morgan fingerprint density at radius 3 is 2.68 bits per heavy atom. The molecule has 0 aromatic heterocycles. The standard InChI is InChI=1S/C12H18FN3O2S/c1-15(10-11-3-2-4-12(13)9-11)19(17,18)16-7-5-14-6-8-16/h2-4,9,14H,5-8,10H2,1H3. The minimum atomic E-state index is -3.47. The van der Waals surface area contributed by atoms with Gasteiger partial charge in [-0.25, -0.2) is 4.39 Å². The van der Waals surface area contributed by atoms with Crippen LogP contribution in [-0.4, -0.2) is 50.3 Å². The third kappa shape index (κ3) is 3.50. The lowest BCUT2D eigenvalue weighted by Crippen LogP contribution is -2.50. The molecule has 1 heterocycles. The molecular formula is C12H18FN3O2S. The van der Waals surface area contributed by atoms with Gasteiger partial charge < -0.3 is 5.32 Å². The van der Waals surface area contributed by atoms with Gasteiger partial charge in [0.1, 0.15) is 5.82 Å². The molecule has 1 aliphatic rings. The Bertz CT molecular complexity index is 530. The number of nitrogens with zero attached hydrogens (tertiary/aromatic N) is 2. The van der Waals surface area contributed by atoms with Crippen molar-refractivity contribution < 1.29 is 12.8 Å². The largest absolute Gasteiger partial charge is 0.314 e. The van der Waals surface area contributed by atoms with Crippen LogP contribution in [-0.2, 0) is 16.8 Å².